The van der Waals surface area contributed by atoms with Crippen LogP contribution < -0.4 is 15.0 Å². The number of hydrogen-bond donors (Lipinski definition) is 2. The van der Waals surface area contributed by atoms with E-state index < -0.39 is 30.0 Å². The van der Waals surface area contributed by atoms with E-state index in [0.29, 0.717) is 11.3 Å². The summed E-state index contributed by atoms with van der Waals surface area (Å²) in [4.78, 5) is 43.9. The van der Waals surface area contributed by atoms with Crippen molar-refractivity contribution in [3.8, 4) is 11.8 Å². The first kappa shape index (κ1) is 26.2. The molecule has 0 radical (unpaired) electrons. The highest BCUT2D eigenvalue weighted by Gasteiger charge is 2.51. The van der Waals surface area contributed by atoms with Gasteiger partial charge in [-0.1, -0.05) is 42.5 Å². The van der Waals surface area contributed by atoms with Gasteiger partial charge in [0.15, 0.2) is 0 Å². The van der Waals surface area contributed by atoms with Crippen molar-refractivity contribution in [1.82, 2.24) is 15.2 Å². The second-order valence-electron chi connectivity index (χ2n) is 8.91. The molecule has 194 valence electrons. The summed E-state index contributed by atoms with van der Waals surface area (Å²) in [5.74, 6) is -0.337. The molecule has 3 atom stereocenters. The monoisotopic (exact) mass is 513 g/mol. The molecule has 4 rings (SSSR count). The smallest absolute Gasteiger partial charge is 0.413 e. The Morgan fingerprint density at radius 2 is 1.87 bits per heavy atom. The number of urea groups is 1. The summed E-state index contributed by atoms with van der Waals surface area (Å²) in [6, 6.07) is 19.7. The lowest BCUT2D eigenvalue weighted by Gasteiger charge is -2.42. The minimum absolute atomic E-state index is 0.0620. The molecule has 2 heterocycles. The number of imide groups is 1. The van der Waals surface area contributed by atoms with Gasteiger partial charge in [-0.15, -0.1) is 0 Å². The molecule has 2 N–H and O–H groups in total. The lowest BCUT2D eigenvalue weighted by atomic mass is 9.83. The van der Waals surface area contributed by atoms with Crippen LogP contribution in [0.2, 0.25) is 0 Å². The Hall–Kier alpha value is -4.91. The summed E-state index contributed by atoms with van der Waals surface area (Å²) >= 11 is 0. The van der Waals surface area contributed by atoms with E-state index in [1.807, 2.05) is 30.3 Å². The zero-order valence-electron chi connectivity index (χ0n) is 20.9. The van der Waals surface area contributed by atoms with Crippen molar-refractivity contribution in [3.63, 3.8) is 0 Å². The number of carbonyl (C=O) groups is 3. The number of ether oxygens (including phenoxy) is 1. The van der Waals surface area contributed by atoms with Crippen LogP contribution in [0.25, 0.3) is 0 Å². The lowest BCUT2D eigenvalue weighted by molar-refractivity contribution is -0.146. The van der Waals surface area contributed by atoms with E-state index in [-0.39, 0.29) is 24.8 Å². The molecule has 1 aliphatic rings. The van der Waals surface area contributed by atoms with Crippen LogP contribution in [0.4, 0.5) is 15.4 Å². The van der Waals surface area contributed by atoms with Gasteiger partial charge in [0, 0.05) is 6.20 Å². The highest BCUT2D eigenvalue weighted by molar-refractivity contribution is 6.02. The number of rotatable bonds is 8. The molecule has 0 saturated carbocycles. The maximum Gasteiger partial charge on any atom is 0.413 e. The first-order chi connectivity index (χ1) is 18.3. The molecule has 3 aromatic rings. The lowest BCUT2D eigenvalue weighted by Crippen LogP contribution is -2.65. The van der Waals surface area contributed by atoms with Crippen molar-refractivity contribution in [2.24, 2.45) is 5.92 Å². The summed E-state index contributed by atoms with van der Waals surface area (Å²) in [6.45, 7) is 1.86. The number of carboxylic acid groups (broad SMARTS) is 1. The Kier molecular flexibility index (Phi) is 7.87. The van der Waals surface area contributed by atoms with Gasteiger partial charge in [-0.25, -0.2) is 19.5 Å². The maximum atomic E-state index is 12.9. The van der Waals surface area contributed by atoms with Crippen LogP contribution in [-0.2, 0) is 17.8 Å². The van der Waals surface area contributed by atoms with E-state index in [2.05, 4.69) is 16.4 Å². The molecule has 38 heavy (non-hydrogen) atoms. The molecule has 4 amide bonds. The molecular weight excluding hydrogens is 486 g/mol. The van der Waals surface area contributed by atoms with Gasteiger partial charge in [0.2, 0.25) is 5.91 Å². The third kappa shape index (κ3) is 5.57. The number of carbonyl (C=O) groups excluding carboxylic acids is 2. The first-order valence-electron chi connectivity index (χ1n) is 12.0. The number of nitriles is 1. The van der Waals surface area contributed by atoms with E-state index >= 15 is 0 Å². The Morgan fingerprint density at radius 3 is 2.50 bits per heavy atom. The number of hydrogen-bond acceptors (Lipinski definition) is 6. The SMILES string of the molecule is COc1ccc(CN(C(=O)O)c2cc(C[C@H]3C(=O)N(C(=O)NC(C)c4ccccc4)[C@@H]3C#N)ccn2)cc1. The Bertz CT molecular complexity index is 1360. The van der Waals surface area contributed by atoms with Crippen molar-refractivity contribution >= 4 is 23.8 Å². The number of nitrogens with zero attached hydrogens (tertiary/aromatic N) is 4. The van der Waals surface area contributed by atoms with Crippen LogP contribution in [-0.4, -0.2) is 46.2 Å². The second-order valence-corrected chi connectivity index (χ2v) is 8.91. The number of methoxy groups -OCH3 is 1. The topological polar surface area (TPSA) is 136 Å². The minimum Gasteiger partial charge on any atom is -0.497 e. The third-order valence-corrected chi connectivity index (χ3v) is 6.48. The number of anilines is 1. The van der Waals surface area contributed by atoms with Crippen molar-refractivity contribution < 1.29 is 24.2 Å². The molecule has 1 fully saturated rings. The average molecular weight is 514 g/mol. The standard InChI is InChI=1S/C28H27N5O5/c1-18(21-6-4-3-5-7-21)31-27(35)33-24(16-29)23(26(33)34)14-20-12-13-30-25(15-20)32(28(36)37)17-19-8-10-22(38-2)11-9-19/h3-13,15,18,23-24H,14,17H2,1-2H3,(H,31,35)(H,36,37)/t18?,23-,24-/m1/s1. The predicted molar refractivity (Wildman–Crippen MR) is 138 cm³/mol. The Balaban J connectivity index is 1.44. The number of likely N-dealkylation sites (tertiary alicyclic amines) is 1. The van der Waals surface area contributed by atoms with E-state index in [4.69, 9.17) is 4.74 Å². The Labute approximate surface area is 220 Å². The van der Waals surface area contributed by atoms with E-state index in [0.717, 1.165) is 20.9 Å². The maximum absolute atomic E-state index is 12.9. The summed E-state index contributed by atoms with van der Waals surface area (Å²) in [5, 5.41) is 22.3. The van der Waals surface area contributed by atoms with Crippen LogP contribution in [0.1, 0.15) is 29.7 Å². The highest BCUT2D eigenvalue weighted by atomic mass is 16.5. The third-order valence-electron chi connectivity index (χ3n) is 6.48. The van der Waals surface area contributed by atoms with Gasteiger partial charge in [-0.2, -0.15) is 5.26 Å². The first-order valence-corrected chi connectivity index (χ1v) is 12.0. The number of benzene rings is 2. The van der Waals surface area contributed by atoms with Crippen molar-refractivity contribution in [3.05, 3.63) is 89.6 Å². The quantitative estimate of drug-likeness (QED) is 0.432. The molecule has 0 spiro atoms. The second kappa shape index (κ2) is 11.4. The van der Waals surface area contributed by atoms with Crippen LogP contribution in [0, 0.1) is 17.2 Å². The number of aromatic nitrogens is 1. The van der Waals surface area contributed by atoms with E-state index in [1.165, 1.54) is 6.20 Å². The fourth-order valence-corrected chi connectivity index (χ4v) is 4.35. The fraction of sp³-hybridized carbons (Fsp3) is 0.250. The van der Waals surface area contributed by atoms with Gasteiger partial charge >= 0.3 is 12.1 Å². The van der Waals surface area contributed by atoms with Crippen molar-refractivity contribution in [2.45, 2.75) is 32.0 Å². The fourth-order valence-electron chi connectivity index (χ4n) is 4.35. The zero-order chi connectivity index (χ0) is 27.2. The highest BCUT2D eigenvalue weighted by Crippen LogP contribution is 2.31. The van der Waals surface area contributed by atoms with Crippen LogP contribution in [0.3, 0.4) is 0 Å². The molecule has 1 aliphatic heterocycles. The summed E-state index contributed by atoms with van der Waals surface area (Å²) in [6.07, 6.45) is 0.446. The minimum atomic E-state index is -1.18. The predicted octanol–water partition coefficient (Wildman–Crippen LogP) is 4.14. The van der Waals surface area contributed by atoms with Crippen LogP contribution in [0.5, 0.6) is 5.75 Å². The number of pyridine rings is 1. The summed E-state index contributed by atoms with van der Waals surface area (Å²) in [5.41, 5.74) is 2.25. The van der Waals surface area contributed by atoms with Gasteiger partial charge in [0.25, 0.3) is 0 Å². The van der Waals surface area contributed by atoms with Crippen molar-refractivity contribution in [2.75, 3.05) is 12.0 Å². The number of amides is 4. The van der Waals surface area contributed by atoms with Gasteiger partial charge in [0.05, 0.1) is 31.7 Å². The summed E-state index contributed by atoms with van der Waals surface area (Å²) < 4.78 is 5.14. The van der Waals surface area contributed by atoms with Gasteiger partial charge in [-0.3, -0.25) is 9.69 Å². The molecule has 10 heteroatoms. The van der Waals surface area contributed by atoms with Crippen molar-refractivity contribution in [1.29, 1.82) is 5.26 Å². The number of nitrogens with one attached hydrogen (secondary N) is 1. The zero-order valence-corrected chi connectivity index (χ0v) is 20.9. The molecule has 2 aromatic carbocycles. The molecule has 1 aromatic heterocycles. The van der Waals surface area contributed by atoms with Gasteiger partial charge < -0.3 is 15.2 Å². The summed E-state index contributed by atoms with van der Waals surface area (Å²) in [7, 11) is 1.55. The van der Waals surface area contributed by atoms with Crippen LogP contribution in [0.15, 0.2) is 72.9 Å². The normalized spacial score (nSPS) is 17.1. The average Bonchev–Trinajstić information content (AvgIpc) is 2.93. The largest absolute Gasteiger partial charge is 0.497 e. The Morgan fingerprint density at radius 1 is 1.16 bits per heavy atom. The molecule has 1 saturated heterocycles. The van der Waals surface area contributed by atoms with Gasteiger partial charge in [0.1, 0.15) is 17.6 Å². The van der Waals surface area contributed by atoms with Crippen LogP contribution >= 0.6 is 0 Å². The molecule has 0 bridgehead atoms. The van der Waals surface area contributed by atoms with E-state index in [9.17, 15) is 24.8 Å². The molecule has 10 nitrogen and oxygen atoms in total. The molecule has 1 unspecified atom stereocenters. The van der Waals surface area contributed by atoms with E-state index in [1.54, 1.807) is 50.4 Å². The number of β-lactam (4-membered cyclic amide) rings is 1. The van der Waals surface area contributed by atoms with Gasteiger partial charge in [-0.05, 0) is 54.3 Å². The molecular formula is C28H27N5O5. The molecule has 0 aliphatic carbocycles.